The van der Waals surface area contributed by atoms with Gasteiger partial charge in [0.25, 0.3) is 0 Å². The van der Waals surface area contributed by atoms with E-state index >= 15 is 0 Å². The molecule has 1 aromatic heterocycles. The van der Waals surface area contributed by atoms with Crippen molar-refractivity contribution in [2.75, 3.05) is 6.61 Å². The molecule has 2 heterocycles. The Kier molecular flexibility index (Phi) is 2.78. The summed E-state index contributed by atoms with van der Waals surface area (Å²) in [6, 6.07) is 7.92. The maximum atomic E-state index is 6.26. The first-order chi connectivity index (χ1) is 8.34. The van der Waals surface area contributed by atoms with Gasteiger partial charge in [-0.2, -0.15) is 0 Å². The Balaban J connectivity index is 1.82. The van der Waals surface area contributed by atoms with Gasteiger partial charge in [0.05, 0.1) is 5.25 Å². The van der Waals surface area contributed by atoms with E-state index in [-0.39, 0.29) is 11.3 Å². The van der Waals surface area contributed by atoms with Crippen molar-refractivity contribution < 1.29 is 4.74 Å². The Morgan fingerprint density at radius 1 is 1.41 bits per heavy atom. The van der Waals surface area contributed by atoms with E-state index in [1.54, 1.807) is 18.0 Å². The lowest BCUT2D eigenvalue weighted by Gasteiger charge is -2.30. The summed E-state index contributed by atoms with van der Waals surface area (Å²) in [7, 11) is 0. The van der Waals surface area contributed by atoms with Crippen LogP contribution < -0.4 is 10.5 Å². The summed E-state index contributed by atoms with van der Waals surface area (Å²) in [4.78, 5) is 7.27. The van der Waals surface area contributed by atoms with E-state index < -0.39 is 0 Å². The molecule has 0 radical (unpaired) electrons. The summed E-state index contributed by atoms with van der Waals surface area (Å²) in [5.74, 6) is 0.899. The molecule has 0 amide bonds. The highest BCUT2D eigenvalue weighted by molar-refractivity contribution is 7.99. The van der Waals surface area contributed by atoms with Crippen LogP contribution >= 0.6 is 11.8 Å². The Labute approximate surface area is 104 Å². The standard InChI is InChI=1S/C12H13N3OS/c13-11-8-3-1-2-4-9(8)16-7-10(11)17-12-14-5-6-15-12/h1-6,10-11H,7,13H2,(H,14,15). The number of nitrogens with two attached hydrogens (primary N) is 1. The maximum Gasteiger partial charge on any atom is 0.165 e. The molecule has 4 nitrogen and oxygen atoms in total. The lowest BCUT2D eigenvalue weighted by Crippen LogP contribution is -2.33. The molecule has 0 aliphatic carbocycles. The van der Waals surface area contributed by atoms with E-state index in [0.29, 0.717) is 6.61 Å². The number of imidazole rings is 1. The molecule has 0 bridgehead atoms. The molecule has 2 unspecified atom stereocenters. The molecule has 88 valence electrons. The average molecular weight is 247 g/mol. The number of aromatic amines is 1. The summed E-state index contributed by atoms with van der Waals surface area (Å²) in [6.45, 7) is 0.615. The minimum Gasteiger partial charge on any atom is -0.492 e. The fraction of sp³-hybridized carbons (Fsp3) is 0.250. The molecule has 2 atom stereocenters. The van der Waals surface area contributed by atoms with Crippen LogP contribution in [0.25, 0.3) is 0 Å². The van der Waals surface area contributed by atoms with Crippen molar-refractivity contribution in [2.24, 2.45) is 5.73 Å². The first-order valence-electron chi connectivity index (χ1n) is 5.48. The summed E-state index contributed by atoms with van der Waals surface area (Å²) in [5.41, 5.74) is 7.34. The number of H-pyrrole nitrogens is 1. The second-order valence-corrected chi connectivity index (χ2v) is 5.15. The van der Waals surface area contributed by atoms with Crippen molar-refractivity contribution >= 4 is 11.8 Å². The molecule has 17 heavy (non-hydrogen) atoms. The second kappa shape index (κ2) is 4.43. The molecular formula is C12H13N3OS. The molecule has 5 heteroatoms. The number of thioether (sulfide) groups is 1. The topological polar surface area (TPSA) is 63.9 Å². The van der Waals surface area contributed by atoms with Gasteiger partial charge in [0.15, 0.2) is 5.16 Å². The molecule has 1 aliphatic heterocycles. The monoisotopic (exact) mass is 247 g/mol. The summed E-state index contributed by atoms with van der Waals surface area (Å²) >= 11 is 1.63. The smallest absolute Gasteiger partial charge is 0.165 e. The van der Waals surface area contributed by atoms with Crippen LogP contribution in [0, 0.1) is 0 Å². The van der Waals surface area contributed by atoms with Gasteiger partial charge >= 0.3 is 0 Å². The first kappa shape index (κ1) is 10.7. The molecule has 1 aromatic carbocycles. The number of hydrogen-bond acceptors (Lipinski definition) is 4. The van der Waals surface area contributed by atoms with Crippen LogP contribution in [0.2, 0.25) is 0 Å². The van der Waals surface area contributed by atoms with E-state index in [4.69, 9.17) is 10.5 Å². The van der Waals surface area contributed by atoms with Crippen molar-refractivity contribution in [1.29, 1.82) is 0 Å². The molecule has 1 aliphatic rings. The van der Waals surface area contributed by atoms with E-state index in [0.717, 1.165) is 16.5 Å². The van der Waals surface area contributed by atoms with Crippen molar-refractivity contribution in [3.8, 4) is 5.75 Å². The number of aromatic nitrogens is 2. The minimum atomic E-state index is -0.0185. The fourth-order valence-electron chi connectivity index (χ4n) is 1.93. The van der Waals surface area contributed by atoms with Gasteiger partial charge in [0.2, 0.25) is 0 Å². The van der Waals surface area contributed by atoms with Gasteiger partial charge in [0, 0.05) is 24.0 Å². The lowest BCUT2D eigenvalue weighted by atomic mass is 10.0. The van der Waals surface area contributed by atoms with E-state index in [1.807, 2.05) is 30.5 Å². The van der Waals surface area contributed by atoms with E-state index in [2.05, 4.69) is 9.97 Å². The molecular weight excluding hydrogens is 234 g/mol. The molecule has 3 N–H and O–H groups in total. The molecule has 0 spiro atoms. The number of para-hydroxylation sites is 1. The third-order valence-corrected chi connectivity index (χ3v) is 4.00. The maximum absolute atomic E-state index is 6.26. The van der Waals surface area contributed by atoms with Gasteiger partial charge in [-0.05, 0) is 6.07 Å². The van der Waals surface area contributed by atoms with Crippen LogP contribution in [-0.2, 0) is 0 Å². The van der Waals surface area contributed by atoms with Crippen LogP contribution in [0.5, 0.6) is 5.75 Å². The third kappa shape index (κ3) is 2.03. The zero-order valence-corrected chi connectivity index (χ0v) is 9.98. The highest BCUT2D eigenvalue weighted by Gasteiger charge is 2.29. The summed E-state index contributed by atoms with van der Waals surface area (Å²) in [6.07, 6.45) is 3.55. The van der Waals surface area contributed by atoms with Crippen molar-refractivity contribution in [1.82, 2.24) is 9.97 Å². The first-order valence-corrected chi connectivity index (χ1v) is 6.36. The molecule has 0 saturated carbocycles. The minimum absolute atomic E-state index is 0.0185. The predicted octanol–water partition coefficient (Wildman–Crippen LogP) is 1.96. The Morgan fingerprint density at radius 3 is 3.12 bits per heavy atom. The zero-order valence-electron chi connectivity index (χ0n) is 9.17. The highest BCUT2D eigenvalue weighted by atomic mass is 32.2. The van der Waals surface area contributed by atoms with Crippen LogP contribution in [0.1, 0.15) is 11.6 Å². The van der Waals surface area contributed by atoms with Crippen LogP contribution in [0.4, 0.5) is 0 Å². The van der Waals surface area contributed by atoms with Gasteiger partial charge < -0.3 is 15.5 Å². The van der Waals surface area contributed by atoms with E-state index in [9.17, 15) is 0 Å². The lowest BCUT2D eigenvalue weighted by molar-refractivity contribution is 0.276. The van der Waals surface area contributed by atoms with Crippen molar-refractivity contribution in [2.45, 2.75) is 16.4 Å². The number of rotatable bonds is 2. The predicted molar refractivity (Wildman–Crippen MR) is 67.1 cm³/mol. The number of benzene rings is 1. The highest BCUT2D eigenvalue weighted by Crippen LogP contribution is 2.37. The van der Waals surface area contributed by atoms with Crippen molar-refractivity contribution in [3.63, 3.8) is 0 Å². The SMILES string of the molecule is NC1c2ccccc2OCC1Sc1ncc[nH]1. The molecule has 0 fully saturated rings. The Hall–Kier alpha value is -1.46. The second-order valence-electron chi connectivity index (χ2n) is 3.93. The fourth-order valence-corrected chi connectivity index (χ4v) is 2.90. The summed E-state index contributed by atoms with van der Waals surface area (Å²) < 4.78 is 5.71. The number of nitrogens with zero attached hydrogens (tertiary/aromatic N) is 1. The van der Waals surface area contributed by atoms with Gasteiger partial charge in [-0.1, -0.05) is 30.0 Å². The Morgan fingerprint density at radius 2 is 2.29 bits per heavy atom. The summed E-state index contributed by atoms with van der Waals surface area (Å²) in [5, 5.41) is 1.07. The Bertz CT molecular complexity index is 500. The van der Waals surface area contributed by atoms with Crippen LogP contribution in [0.15, 0.2) is 41.8 Å². The largest absolute Gasteiger partial charge is 0.492 e. The normalized spacial score (nSPS) is 22.9. The molecule has 3 rings (SSSR count). The molecule has 0 saturated heterocycles. The third-order valence-electron chi connectivity index (χ3n) is 2.82. The average Bonchev–Trinajstić information content (AvgIpc) is 2.86. The van der Waals surface area contributed by atoms with Crippen molar-refractivity contribution in [3.05, 3.63) is 42.2 Å². The van der Waals surface area contributed by atoms with Gasteiger partial charge in [-0.25, -0.2) is 4.98 Å². The van der Waals surface area contributed by atoms with Gasteiger partial charge in [0.1, 0.15) is 12.4 Å². The number of hydrogen-bond donors (Lipinski definition) is 2. The van der Waals surface area contributed by atoms with Crippen LogP contribution in [-0.4, -0.2) is 21.8 Å². The van der Waals surface area contributed by atoms with Gasteiger partial charge in [-0.15, -0.1) is 0 Å². The quantitative estimate of drug-likeness (QED) is 0.851. The zero-order chi connectivity index (χ0) is 11.7. The number of fused-ring (bicyclic) bond motifs is 1. The number of nitrogens with one attached hydrogen (secondary N) is 1. The number of ether oxygens (including phenoxy) is 1. The van der Waals surface area contributed by atoms with Gasteiger partial charge in [-0.3, -0.25) is 0 Å². The van der Waals surface area contributed by atoms with Crippen LogP contribution in [0.3, 0.4) is 0 Å². The molecule has 2 aromatic rings. The van der Waals surface area contributed by atoms with E-state index in [1.165, 1.54) is 0 Å².